The van der Waals surface area contributed by atoms with E-state index in [1.807, 2.05) is 12.1 Å². The van der Waals surface area contributed by atoms with Crippen molar-refractivity contribution in [2.75, 3.05) is 14.2 Å². The second kappa shape index (κ2) is 5.56. The minimum atomic E-state index is 0.527. The monoisotopic (exact) mass is 295 g/mol. The molecule has 22 heavy (non-hydrogen) atoms. The molecule has 0 aliphatic rings. The average Bonchev–Trinajstić information content (AvgIpc) is 2.95. The number of hydrogen-bond donors (Lipinski definition) is 1. The van der Waals surface area contributed by atoms with Crippen LogP contribution in [0.15, 0.2) is 36.4 Å². The normalized spacial score (nSPS) is 10.7. The van der Waals surface area contributed by atoms with Gasteiger partial charge in [0.2, 0.25) is 0 Å². The molecule has 1 N–H and O–H groups in total. The zero-order valence-electron chi connectivity index (χ0n) is 12.8. The van der Waals surface area contributed by atoms with Crippen molar-refractivity contribution in [3.63, 3.8) is 0 Å². The number of aromatic nitrogens is 1. The van der Waals surface area contributed by atoms with Crippen molar-refractivity contribution in [2.45, 2.75) is 6.92 Å². The van der Waals surface area contributed by atoms with Crippen LogP contribution in [0.3, 0.4) is 0 Å². The van der Waals surface area contributed by atoms with Gasteiger partial charge >= 0.3 is 0 Å². The zero-order valence-corrected chi connectivity index (χ0v) is 12.8. The van der Waals surface area contributed by atoms with E-state index in [9.17, 15) is 4.79 Å². The molecule has 0 aliphatic heterocycles. The zero-order chi connectivity index (χ0) is 15.7. The standard InChI is InChI=1S/C18H17NO3/c1-11-4-5-15-12(6-11)8-16(19-15)18-13(10-20)7-14(21-2)9-17(18)22-3/h4-10,19H,1-3H3. The van der Waals surface area contributed by atoms with E-state index in [-0.39, 0.29) is 0 Å². The number of benzene rings is 2. The second-order valence-electron chi connectivity index (χ2n) is 5.19. The minimum Gasteiger partial charge on any atom is -0.497 e. The van der Waals surface area contributed by atoms with Gasteiger partial charge in [0.15, 0.2) is 6.29 Å². The lowest BCUT2D eigenvalue weighted by atomic mass is 10.0. The molecule has 112 valence electrons. The summed E-state index contributed by atoms with van der Waals surface area (Å²) in [5, 5.41) is 1.10. The van der Waals surface area contributed by atoms with Gasteiger partial charge in [0.1, 0.15) is 11.5 Å². The number of carbonyl (C=O) groups is 1. The van der Waals surface area contributed by atoms with Crippen LogP contribution in [0.4, 0.5) is 0 Å². The molecule has 3 rings (SSSR count). The van der Waals surface area contributed by atoms with Gasteiger partial charge in [-0.2, -0.15) is 0 Å². The maximum absolute atomic E-state index is 11.5. The van der Waals surface area contributed by atoms with Gasteiger partial charge in [-0.3, -0.25) is 4.79 Å². The van der Waals surface area contributed by atoms with Crippen LogP contribution in [-0.4, -0.2) is 25.5 Å². The number of methoxy groups -OCH3 is 2. The molecule has 2 aromatic carbocycles. The number of nitrogens with one attached hydrogen (secondary N) is 1. The molecule has 4 nitrogen and oxygen atoms in total. The third-order valence-electron chi connectivity index (χ3n) is 3.73. The summed E-state index contributed by atoms with van der Waals surface area (Å²) in [7, 11) is 3.15. The van der Waals surface area contributed by atoms with E-state index in [0.29, 0.717) is 17.1 Å². The number of H-pyrrole nitrogens is 1. The van der Waals surface area contributed by atoms with E-state index in [0.717, 1.165) is 28.4 Å². The fourth-order valence-electron chi connectivity index (χ4n) is 2.66. The summed E-state index contributed by atoms with van der Waals surface area (Å²) in [6.45, 7) is 2.05. The summed E-state index contributed by atoms with van der Waals surface area (Å²) in [5.74, 6) is 1.19. The molecule has 3 aromatic rings. The van der Waals surface area contributed by atoms with Crippen molar-refractivity contribution in [1.82, 2.24) is 4.98 Å². The molecule has 0 fully saturated rings. The first-order valence-corrected chi connectivity index (χ1v) is 6.97. The Morgan fingerprint density at radius 3 is 2.55 bits per heavy atom. The average molecular weight is 295 g/mol. The fraction of sp³-hybridized carbons (Fsp3) is 0.167. The predicted octanol–water partition coefficient (Wildman–Crippen LogP) is 3.97. The van der Waals surface area contributed by atoms with Gasteiger partial charge in [-0.25, -0.2) is 0 Å². The molecule has 1 heterocycles. The van der Waals surface area contributed by atoms with Crippen molar-refractivity contribution in [3.05, 3.63) is 47.5 Å². The third-order valence-corrected chi connectivity index (χ3v) is 3.73. The van der Waals surface area contributed by atoms with E-state index in [2.05, 4.69) is 24.0 Å². The Labute approximate surface area is 128 Å². The summed E-state index contributed by atoms with van der Waals surface area (Å²) in [6, 6.07) is 11.7. The van der Waals surface area contributed by atoms with Gasteiger partial charge in [-0.15, -0.1) is 0 Å². The Morgan fingerprint density at radius 1 is 1.05 bits per heavy atom. The maximum atomic E-state index is 11.5. The molecule has 0 aliphatic carbocycles. The molecule has 0 saturated heterocycles. The van der Waals surface area contributed by atoms with Crippen LogP contribution >= 0.6 is 0 Å². The second-order valence-corrected chi connectivity index (χ2v) is 5.19. The van der Waals surface area contributed by atoms with Crippen LogP contribution in [0.25, 0.3) is 22.2 Å². The lowest BCUT2D eigenvalue weighted by Gasteiger charge is -2.12. The van der Waals surface area contributed by atoms with Crippen LogP contribution in [0, 0.1) is 6.92 Å². The first kappa shape index (κ1) is 14.2. The topological polar surface area (TPSA) is 51.3 Å². The number of carbonyl (C=O) groups excluding carboxylic acids is 1. The largest absolute Gasteiger partial charge is 0.497 e. The maximum Gasteiger partial charge on any atom is 0.151 e. The smallest absolute Gasteiger partial charge is 0.151 e. The summed E-state index contributed by atoms with van der Waals surface area (Å²) < 4.78 is 10.7. The molecular formula is C18H17NO3. The molecule has 0 radical (unpaired) electrons. The van der Waals surface area contributed by atoms with Crippen LogP contribution in [0.5, 0.6) is 11.5 Å². The summed E-state index contributed by atoms with van der Waals surface area (Å²) in [4.78, 5) is 14.8. The van der Waals surface area contributed by atoms with Crippen molar-refractivity contribution in [1.29, 1.82) is 0 Å². The number of fused-ring (bicyclic) bond motifs is 1. The van der Waals surface area contributed by atoms with E-state index in [1.165, 1.54) is 5.56 Å². The van der Waals surface area contributed by atoms with Crippen molar-refractivity contribution in [2.24, 2.45) is 0 Å². The van der Waals surface area contributed by atoms with Crippen LogP contribution < -0.4 is 9.47 Å². The molecule has 0 atom stereocenters. The van der Waals surface area contributed by atoms with Gasteiger partial charge in [-0.05, 0) is 31.2 Å². The lowest BCUT2D eigenvalue weighted by molar-refractivity contribution is 0.112. The highest BCUT2D eigenvalue weighted by Crippen LogP contribution is 2.37. The number of rotatable bonds is 4. The first-order valence-electron chi connectivity index (χ1n) is 6.97. The van der Waals surface area contributed by atoms with Gasteiger partial charge in [0.25, 0.3) is 0 Å². The van der Waals surface area contributed by atoms with Crippen LogP contribution in [0.1, 0.15) is 15.9 Å². The molecule has 0 amide bonds. The Hall–Kier alpha value is -2.75. The van der Waals surface area contributed by atoms with Crippen molar-refractivity contribution >= 4 is 17.2 Å². The highest BCUT2D eigenvalue weighted by molar-refractivity contribution is 5.95. The number of aromatic amines is 1. The molecule has 0 spiro atoms. The van der Waals surface area contributed by atoms with E-state index in [4.69, 9.17) is 9.47 Å². The predicted molar refractivity (Wildman–Crippen MR) is 87.0 cm³/mol. The Kier molecular flexibility index (Phi) is 3.59. The lowest BCUT2D eigenvalue weighted by Crippen LogP contribution is -1.96. The van der Waals surface area contributed by atoms with E-state index >= 15 is 0 Å². The fourth-order valence-corrected chi connectivity index (χ4v) is 2.66. The van der Waals surface area contributed by atoms with Gasteiger partial charge in [-0.1, -0.05) is 11.6 Å². The minimum absolute atomic E-state index is 0.527. The number of aldehydes is 1. The van der Waals surface area contributed by atoms with E-state index < -0.39 is 0 Å². The van der Waals surface area contributed by atoms with Crippen LogP contribution in [0.2, 0.25) is 0 Å². The summed E-state index contributed by atoms with van der Waals surface area (Å²) >= 11 is 0. The Morgan fingerprint density at radius 2 is 1.86 bits per heavy atom. The highest BCUT2D eigenvalue weighted by atomic mass is 16.5. The van der Waals surface area contributed by atoms with Crippen molar-refractivity contribution < 1.29 is 14.3 Å². The quantitative estimate of drug-likeness (QED) is 0.741. The molecule has 4 heteroatoms. The van der Waals surface area contributed by atoms with Gasteiger partial charge in [0, 0.05) is 22.5 Å². The molecular weight excluding hydrogens is 278 g/mol. The number of hydrogen-bond acceptors (Lipinski definition) is 3. The highest BCUT2D eigenvalue weighted by Gasteiger charge is 2.16. The van der Waals surface area contributed by atoms with Gasteiger partial charge in [0.05, 0.1) is 25.5 Å². The SMILES string of the molecule is COc1cc(C=O)c(-c2cc3cc(C)ccc3[nH]2)c(OC)c1. The first-order chi connectivity index (χ1) is 10.7. The number of aryl methyl sites for hydroxylation is 1. The Bertz CT molecular complexity index is 849. The molecule has 0 bridgehead atoms. The molecule has 1 aromatic heterocycles. The summed E-state index contributed by atoms with van der Waals surface area (Å²) in [5.41, 5.74) is 4.33. The van der Waals surface area contributed by atoms with Gasteiger partial charge < -0.3 is 14.5 Å². The van der Waals surface area contributed by atoms with Crippen LogP contribution in [-0.2, 0) is 0 Å². The molecule has 0 unspecified atom stereocenters. The molecule has 0 saturated carbocycles. The third kappa shape index (κ3) is 2.33. The summed E-state index contributed by atoms with van der Waals surface area (Å²) in [6.07, 6.45) is 0.817. The van der Waals surface area contributed by atoms with Crippen molar-refractivity contribution in [3.8, 4) is 22.8 Å². The van der Waals surface area contributed by atoms with E-state index in [1.54, 1.807) is 26.4 Å². The Balaban J connectivity index is 2.26. The number of ether oxygens (including phenoxy) is 2.